The lowest BCUT2D eigenvalue weighted by atomic mass is 10.0. The van der Waals surface area contributed by atoms with Crippen LogP contribution >= 0.6 is 0 Å². The third kappa shape index (κ3) is 6.36. The smallest absolute Gasteiger partial charge is 0.258 e. The molecular formula is C24H30N4O5. The van der Waals surface area contributed by atoms with Crippen LogP contribution in [-0.2, 0) is 17.6 Å². The number of carbonyl (C=O) groups excluding carboxylic acids is 1. The highest BCUT2D eigenvalue weighted by atomic mass is 16.5. The summed E-state index contributed by atoms with van der Waals surface area (Å²) in [6, 6.07) is 7.68. The maximum absolute atomic E-state index is 11.1. The van der Waals surface area contributed by atoms with E-state index < -0.39 is 18.6 Å². The highest BCUT2D eigenvalue weighted by Gasteiger charge is 2.16. The molecule has 0 aliphatic heterocycles. The van der Waals surface area contributed by atoms with Crippen LogP contribution in [0, 0.1) is 6.92 Å². The fraction of sp³-hybridized carbons (Fsp3) is 0.417. The maximum Gasteiger partial charge on any atom is 0.258 e. The van der Waals surface area contributed by atoms with Gasteiger partial charge in [0.05, 0.1) is 0 Å². The Morgan fingerprint density at radius 3 is 2.79 bits per heavy atom. The minimum atomic E-state index is -0.901. The first-order valence-corrected chi connectivity index (χ1v) is 11.1. The summed E-state index contributed by atoms with van der Waals surface area (Å²) in [7, 11) is 0. The highest BCUT2D eigenvalue weighted by Crippen LogP contribution is 2.31. The molecule has 3 aromatic rings. The van der Waals surface area contributed by atoms with Crippen LogP contribution in [0.15, 0.2) is 35.0 Å². The summed E-state index contributed by atoms with van der Waals surface area (Å²) in [5.41, 5.74) is 4.44. The second-order valence-electron chi connectivity index (χ2n) is 7.77. The number of hydrogen-bond donors (Lipinski definition) is 3. The fourth-order valence-electron chi connectivity index (χ4n) is 3.43. The van der Waals surface area contributed by atoms with Crippen LogP contribution < -0.4 is 10.1 Å². The first kappa shape index (κ1) is 24.3. The van der Waals surface area contributed by atoms with Gasteiger partial charge in [-0.3, -0.25) is 9.78 Å². The summed E-state index contributed by atoms with van der Waals surface area (Å²) in [4.78, 5) is 20.1. The highest BCUT2D eigenvalue weighted by molar-refractivity contribution is 5.76. The van der Waals surface area contributed by atoms with Crippen molar-refractivity contribution in [3.05, 3.63) is 47.3 Å². The van der Waals surface area contributed by atoms with Gasteiger partial charge in [0.2, 0.25) is 11.7 Å². The Labute approximate surface area is 192 Å². The molecule has 1 aromatic carbocycles. The van der Waals surface area contributed by atoms with Crippen LogP contribution in [0.5, 0.6) is 5.75 Å². The molecule has 0 spiro atoms. The minimum Gasteiger partial charge on any atom is -0.490 e. The summed E-state index contributed by atoms with van der Waals surface area (Å²) in [6.07, 6.45) is 3.45. The lowest BCUT2D eigenvalue weighted by Crippen LogP contribution is -2.36. The van der Waals surface area contributed by atoms with Gasteiger partial charge in [-0.1, -0.05) is 25.4 Å². The Kier molecular flexibility index (Phi) is 8.51. The summed E-state index contributed by atoms with van der Waals surface area (Å²) >= 11 is 0. The Morgan fingerprint density at radius 1 is 1.24 bits per heavy atom. The van der Waals surface area contributed by atoms with Crippen molar-refractivity contribution in [1.82, 2.24) is 20.4 Å². The van der Waals surface area contributed by atoms with Crippen molar-refractivity contribution in [2.75, 3.05) is 19.8 Å². The zero-order chi connectivity index (χ0) is 23.8. The number of benzene rings is 1. The summed E-state index contributed by atoms with van der Waals surface area (Å²) in [5.74, 6) is 1.05. The molecule has 33 heavy (non-hydrogen) atoms. The van der Waals surface area contributed by atoms with Gasteiger partial charge in [0, 0.05) is 29.6 Å². The maximum atomic E-state index is 11.1. The van der Waals surface area contributed by atoms with Gasteiger partial charge in [0.25, 0.3) is 5.89 Å². The predicted molar refractivity (Wildman–Crippen MR) is 123 cm³/mol. The third-order valence-corrected chi connectivity index (χ3v) is 5.08. The predicted octanol–water partition coefficient (Wildman–Crippen LogP) is 2.47. The normalized spacial score (nSPS) is 11.9. The number of nitrogens with zero attached hydrogens (tertiary/aromatic N) is 3. The monoisotopic (exact) mass is 454 g/mol. The average Bonchev–Trinajstić information content (AvgIpc) is 3.32. The quantitative estimate of drug-likeness (QED) is 0.403. The van der Waals surface area contributed by atoms with E-state index in [1.807, 2.05) is 38.1 Å². The van der Waals surface area contributed by atoms with Crippen molar-refractivity contribution in [3.63, 3.8) is 0 Å². The molecule has 3 N–H and O–H groups in total. The van der Waals surface area contributed by atoms with Crippen molar-refractivity contribution < 1.29 is 24.3 Å². The van der Waals surface area contributed by atoms with E-state index in [2.05, 4.69) is 27.4 Å². The first-order chi connectivity index (χ1) is 15.9. The lowest BCUT2D eigenvalue weighted by Gasteiger charge is -2.17. The van der Waals surface area contributed by atoms with Gasteiger partial charge in [-0.05, 0) is 55.2 Å². The number of pyridine rings is 1. The van der Waals surface area contributed by atoms with Crippen LogP contribution in [0.1, 0.15) is 37.1 Å². The molecular weight excluding hydrogens is 424 g/mol. The molecule has 0 aliphatic carbocycles. The molecule has 2 heterocycles. The Bertz CT molecular complexity index is 1080. The summed E-state index contributed by atoms with van der Waals surface area (Å²) in [6.45, 7) is 5.42. The molecule has 3 rings (SSSR count). The molecule has 0 saturated carbocycles. The van der Waals surface area contributed by atoms with E-state index in [4.69, 9.17) is 14.4 Å². The van der Waals surface area contributed by atoms with Gasteiger partial charge in [0.1, 0.15) is 25.1 Å². The molecule has 176 valence electrons. The van der Waals surface area contributed by atoms with E-state index in [1.165, 1.54) is 0 Å². The van der Waals surface area contributed by atoms with E-state index in [1.54, 1.807) is 6.20 Å². The van der Waals surface area contributed by atoms with Crippen LogP contribution in [0.2, 0.25) is 0 Å². The van der Waals surface area contributed by atoms with Crippen molar-refractivity contribution in [2.45, 2.75) is 46.1 Å². The number of amides is 1. The van der Waals surface area contributed by atoms with Crippen LogP contribution in [0.25, 0.3) is 22.8 Å². The van der Waals surface area contributed by atoms with Crippen molar-refractivity contribution in [3.8, 4) is 28.6 Å². The van der Waals surface area contributed by atoms with Crippen LogP contribution in [0.3, 0.4) is 0 Å². The minimum absolute atomic E-state index is 0.00139. The van der Waals surface area contributed by atoms with E-state index >= 15 is 0 Å². The molecule has 0 radical (unpaired) electrons. The topological polar surface area (TPSA) is 131 Å². The van der Waals surface area contributed by atoms with E-state index in [0.717, 1.165) is 40.8 Å². The van der Waals surface area contributed by atoms with Gasteiger partial charge in [0.15, 0.2) is 0 Å². The number of aliphatic hydroxyl groups is 2. The second-order valence-corrected chi connectivity index (χ2v) is 7.77. The fourth-order valence-corrected chi connectivity index (χ4v) is 3.43. The number of rotatable bonds is 11. The largest absolute Gasteiger partial charge is 0.490 e. The molecule has 0 aliphatic rings. The number of aryl methyl sites for hydroxylation is 3. The van der Waals surface area contributed by atoms with Crippen molar-refractivity contribution >= 4 is 5.91 Å². The number of ether oxygens (including phenoxy) is 1. The number of nitrogens with one attached hydrogen (secondary N) is 1. The van der Waals surface area contributed by atoms with E-state index in [0.29, 0.717) is 23.9 Å². The molecule has 1 unspecified atom stereocenters. The molecule has 2 aromatic heterocycles. The van der Waals surface area contributed by atoms with Gasteiger partial charge >= 0.3 is 0 Å². The van der Waals surface area contributed by atoms with E-state index in [9.17, 15) is 9.90 Å². The van der Waals surface area contributed by atoms with Crippen LogP contribution in [0.4, 0.5) is 0 Å². The molecule has 0 fully saturated rings. The Balaban J connectivity index is 1.76. The third-order valence-electron chi connectivity index (χ3n) is 5.08. The second kappa shape index (κ2) is 11.5. The zero-order valence-corrected chi connectivity index (χ0v) is 19.2. The Hall–Kier alpha value is -3.30. The molecule has 1 atom stereocenters. The number of aromatic nitrogens is 3. The van der Waals surface area contributed by atoms with Gasteiger partial charge in [-0.25, -0.2) is 0 Å². The molecule has 1 amide bonds. The molecule has 0 saturated heterocycles. The van der Waals surface area contributed by atoms with Crippen molar-refractivity contribution in [1.29, 1.82) is 0 Å². The van der Waals surface area contributed by atoms with Crippen molar-refractivity contribution in [2.24, 2.45) is 0 Å². The lowest BCUT2D eigenvalue weighted by molar-refractivity contribution is -0.124. The molecule has 9 nitrogen and oxygen atoms in total. The Morgan fingerprint density at radius 2 is 2.06 bits per heavy atom. The van der Waals surface area contributed by atoms with Crippen LogP contribution in [-0.4, -0.2) is 57.1 Å². The number of aliphatic hydroxyl groups excluding tert-OH is 2. The summed E-state index contributed by atoms with van der Waals surface area (Å²) in [5, 5.41) is 25.4. The van der Waals surface area contributed by atoms with E-state index in [-0.39, 0.29) is 13.2 Å². The van der Waals surface area contributed by atoms with Gasteiger partial charge in [-0.15, -0.1) is 0 Å². The molecule has 9 heteroatoms. The SMILES string of the molecule is CCCc1cc(-c2nc(-c3cc(C)c(OCC(O)CNC(=O)CO)c(CC)c3)no2)ccn1. The number of hydrogen-bond acceptors (Lipinski definition) is 8. The standard InChI is InChI=1S/C24H30N4O5/c1-4-6-19-11-17(7-8-25-19)24-27-23(28-33-24)18-9-15(3)22(16(5-2)10-18)32-14-20(30)12-26-21(31)13-29/h7-11,20,29-30H,4-6,12-14H2,1-3H3,(H,26,31). The van der Waals surface area contributed by atoms with Gasteiger partial charge < -0.3 is 24.8 Å². The van der Waals surface area contributed by atoms with Gasteiger partial charge in [-0.2, -0.15) is 4.98 Å². The zero-order valence-electron chi connectivity index (χ0n) is 19.2. The molecule has 0 bridgehead atoms. The average molecular weight is 455 g/mol. The first-order valence-electron chi connectivity index (χ1n) is 11.1. The summed E-state index contributed by atoms with van der Waals surface area (Å²) < 4.78 is 11.4. The number of carbonyl (C=O) groups is 1.